The smallest absolute Gasteiger partial charge is 0.0531 e. The van der Waals surface area contributed by atoms with E-state index in [1.807, 2.05) is 7.11 Å². The van der Waals surface area contributed by atoms with Gasteiger partial charge in [-0.05, 0) is 64.8 Å². The van der Waals surface area contributed by atoms with Gasteiger partial charge in [-0.15, -0.1) is 0 Å². The van der Waals surface area contributed by atoms with E-state index >= 15 is 0 Å². The van der Waals surface area contributed by atoms with Gasteiger partial charge in [-0.2, -0.15) is 0 Å². The highest BCUT2D eigenvalue weighted by Crippen LogP contribution is 2.32. The van der Waals surface area contributed by atoms with Gasteiger partial charge in [0.05, 0.1) is 6.61 Å². The fourth-order valence-corrected chi connectivity index (χ4v) is 4.62. The fraction of sp³-hybridized carbons (Fsp3) is 1.00. The van der Waals surface area contributed by atoms with E-state index in [1.54, 1.807) is 0 Å². The van der Waals surface area contributed by atoms with E-state index in [0.717, 1.165) is 25.7 Å². The number of hydrogen-bond donors (Lipinski definition) is 1. The molecule has 4 nitrogen and oxygen atoms in total. The molecule has 0 aromatic rings. The molecule has 3 heterocycles. The lowest BCUT2D eigenvalue weighted by Crippen LogP contribution is -2.48. The Morgan fingerprint density at radius 2 is 1.86 bits per heavy atom. The number of piperidine rings is 2. The molecule has 1 atom stereocenters. The van der Waals surface area contributed by atoms with E-state index in [2.05, 4.69) is 15.1 Å². The first-order chi connectivity index (χ1) is 10.3. The van der Waals surface area contributed by atoms with Crippen LogP contribution >= 0.6 is 0 Å². The summed E-state index contributed by atoms with van der Waals surface area (Å²) in [5, 5.41) is 3.50. The van der Waals surface area contributed by atoms with Crippen LogP contribution in [0.5, 0.6) is 0 Å². The summed E-state index contributed by atoms with van der Waals surface area (Å²) >= 11 is 0. The summed E-state index contributed by atoms with van der Waals surface area (Å²) in [5.41, 5.74) is 0.400. The minimum absolute atomic E-state index is 0.400. The van der Waals surface area contributed by atoms with Crippen LogP contribution in [0, 0.1) is 5.41 Å². The first kappa shape index (κ1) is 15.7. The maximum Gasteiger partial charge on any atom is 0.0531 e. The molecular weight excluding hydrogens is 262 g/mol. The van der Waals surface area contributed by atoms with E-state index in [-0.39, 0.29) is 0 Å². The first-order valence-electron chi connectivity index (χ1n) is 8.97. The largest absolute Gasteiger partial charge is 0.384 e. The van der Waals surface area contributed by atoms with Crippen LogP contribution < -0.4 is 5.32 Å². The molecule has 1 unspecified atom stereocenters. The minimum Gasteiger partial charge on any atom is -0.384 e. The molecule has 3 aliphatic heterocycles. The number of methoxy groups -OCH3 is 1. The number of nitrogens with zero attached hydrogens (tertiary/aromatic N) is 2. The normalized spacial score (nSPS) is 31.6. The Bertz CT molecular complexity index is 306. The van der Waals surface area contributed by atoms with Gasteiger partial charge in [-0.25, -0.2) is 0 Å². The topological polar surface area (TPSA) is 27.7 Å². The average Bonchev–Trinajstić information content (AvgIpc) is 2.97. The molecule has 0 radical (unpaired) electrons. The molecule has 3 fully saturated rings. The Labute approximate surface area is 130 Å². The molecule has 4 heteroatoms. The summed E-state index contributed by atoms with van der Waals surface area (Å²) in [6.45, 7) is 9.75. The van der Waals surface area contributed by atoms with E-state index in [1.165, 1.54) is 71.2 Å². The molecule has 0 saturated carbocycles. The van der Waals surface area contributed by atoms with Crippen molar-refractivity contribution in [3.05, 3.63) is 0 Å². The lowest BCUT2D eigenvalue weighted by Gasteiger charge is -2.40. The Hall–Kier alpha value is -0.160. The summed E-state index contributed by atoms with van der Waals surface area (Å²) < 4.78 is 5.57. The van der Waals surface area contributed by atoms with E-state index in [4.69, 9.17) is 4.74 Å². The number of rotatable bonds is 5. The second kappa shape index (κ2) is 7.40. The maximum absolute atomic E-state index is 5.57. The molecule has 0 aromatic heterocycles. The quantitative estimate of drug-likeness (QED) is 0.833. The predicted molar refractivity (Wildman–Crippen MR) is 86.7 cm³/mol. The van der Waals surface area contributed by atoms with Crippen LogP contribution in [0.15, 0.2) is 0 Å². The van der Waals surface area contributed by atoms with E-state index < -0.39 is 0 Å². The first-order valence-corrected chi connectivity index (χ1v) is 8.97. The van der Waals surface area contributed by atoms with Crippen molar-refractivity contribution >= 4 is 0 Å². The van der Waals surface area contributed by atoms with Gasteiger partial charge in [-0.3, -0.25) is 4.90 Å². The second-order valence-corrected chi connectivity index (χ2v) is 7.46. The molecule has 3 rings (SSSR count). The summed E-state index contributed by atoms with van der Waals surface area (Å²) in [7, 11) is 1.87. The van der Waals surface area contributed by atoms with Crippen molar-refractivity contribution in [1.82, 2.24) is 15.1 Å². The number of likely N-dealkylation sites (tertiary alicyclic amines) is 2. The van der Waals surface area contributed by atoms with Crippen molar-refractivity contribution in [3.63, 3.8) is 0 Å². The third-order valence-electron chi connectivity index (χ3n) is 5.83. The average molecular weight is 295 g/mol. The summed E-state index contributed by atoms with van der Waals surface area (Å²) in [5.74, 6) is 0. The van der Waals surface area contributed by atoms with Crippen molar-refractivity contribution < 1.29 is 4.74 Å². The SMILES string of the molecule is COCC1(CN2CCC(N3CCCCC3)C2)CCNCC1. The summed E-state index contributed by atoms with van der Waals surface area (Å²) in [6.07, 6.45) is 8.18. The Balaban J connectivity index is 1.52. The highest BCUT2D eigenvalue weighted by Gasteiger charge is 2.37. The van der Waals surface area contributed by atoms with Gasteiger partial charge in [0.2, 0.25) is 0 Å². The van der Waals surface area contributed by atoms with Gasteiger partial charge in [-0.1, -0.05) is 6.42 Å². The standard InChI is InChI=1S/C17H33N3O/c1-21-15-17(6-8-18-9-7-17)14-19-12-5-16(13-19)20-10-3-2-4-11-20/h16,18H,2-15H2,1H3. The van der Waals surface area contributed by atoms with Gasteiger partial charge in [0, 0.05) is 31.7 Å². The number of nitrogens with one attached hydrogen (secondary N) is 1. The van der Waals surface area contributed by atoms with E-state index in [0.29, 0.717) is 5.41 Å². The maximum atomic E-state index is 5.57. The van der Waals surface area contributed by atoms with Gasteiger partial charge in [0.25, 0.3) is 0 Å². The van der Waals surface area contributed by atoms with Crippen molar-refractivity contribution in [2.45, 2.75) is 44.6 Å². The molecule has 0 aromatic carbocycles. The van der Waals surface area contributed by atoms with Crippen molar-refractivity contribution in [2.24, 2.45) is 5.41 Å². The zero-order valence-electron chi connectivity index (χ0n) is 13.8. The molecule has 122 valence electrons. The second-order valence-electron chi connectivity index (χ2n) is 7.46. The zero-order chi connectivity index (χ0) is 14.5. The monoisotopic (exact) mass is 295 g/mol. The lowest BCUT2D eigenvalue weighted by molar-refractivity contribution is 0.0258. The van der Waals surface area contributed by atoms with Crippen molar-refractivity contribution in [2.75, 3.05) is 59.5 Å². The molecule has 21 heavy (non-hydrogen) atoms. The van der Waals surface area contributed by atoms with Crippen LogP contribution in [-0.2, 0) is 4.74 Å². The lowest BCUT2D eigenvalue weighted by atomic mass is 9.79. The van der Waals surface area contributed by atoms with E-state index in [9.17, 15) is 0 Å². The van der Waals surface area contributed by atoms with Crippen LogP contribution in [0.3, 0.4) is 0 Å². The fourth-order valence-electron chi connectivity index (χ4n) is 4.62. The number of ether oxygens (including phenoxy) is 1. The third kappa shape index (κ3) is 3.98. The Kier molecular flexibility index (Phi) is 5.54. The Morgan fingerprint density at radius 3 is 2.57 bits per heavy atom. The Morgan fingerprint density at radius 1 is 1.10 bits per heavy atom. The van der Waals surface area contributed by atoms with Gasteiger partial charge in [0.1, 0.15) is 0 Å². The molecule has 3 aliphatic rings. The summed E-state index contributed by atoms with van der Waals surface area (Å²) in [4.78, 5) is 5.48. The highest BCUT2D eigenvalue weighted by molar-refractivity contribution is 4.92. The van der Waals surface area contributed by atoms with Crippen LogP contribution in [0.1, 0.15) is 38.5 Å². The van der Waals surface area contributed by atoms with Crippen LogP contribution in [0.25, 0.3) is 0 Å². The predicted octanol–water partition coefficient (Wildman–Crippen LogP) is 1.56. The molecule has 1 N–H and O–H groups in total. The van der Waals surface area contributed by atoms with Crippen LogP contribution in [0.2, 0.25) is 0 Å². The molecule has 0 amide bonds. The molecule has 3 saturated heterocycles. The molecule has 0 spiro atoms. The highest BCUT2D eigenvalue weighted by atomic mass is 16.5. The van der Waals surface area contributed by atoms with Gasteiger partial charge in [0.15, 0.2) is 0 Å². The molecular formula is C17H33N3O. The van der Waals surface area contributed by atoms with Crippen molar-refractivity contribution in [1.29, 1.82) is 0 Å². The van der Waals surface area contributed by atoms with Crippen molar-refractivity contribution in [3.8, 4) is 0 Å². The minimum atomic E-state index is 0.400. The zero-order valence-corrected chi connectivity index (χ0v) is 13.8. The number of hydrogen-bond acceptors (Lipinski definition) is 4. The molecule has 0 aliphatic carbocycles. The molecule has 0 bridgehead atoms. The van der Waals surface area contributed by atoms with Crippen LogP contribution in [0.4, 0.5) is 0 Å². The summed E-state index contributed by atoms with van der Waals surface area (Å²) in [6, 6.07) is 0.826. The van der Waals surface area contributed by atoms with Gasteiger partial charge < -0.3 is 15.0 Å². The van der Waals surface area contributed by atoms with Crippen LogP contribution in [-0.4, -0.2) is 75.4 Å². The third-order valence-corrected chi connectivity index (χ3v) is 5.83. The van der Waals surface area contributed by atoms with Gasteiger partial charge >= 0.3 is 0 Å².